The molecule has 0 radical (unpaired) electrons. The maximum atomic E-state index is 12.5. The van der Waals surface area contributed by atoms with Crippen molar-refractivity contribution in [3.8, 4) is 0 Å². The summed E-state index contributed by atoms with van der Waals surface area (Å²) in [5, 5.41) is 3.67. The third kappa shape index (κ3) is 7.59. The van der Waals surface area contributed by atoms with Gasteiger partial charge >= 0.3 is 0 Å². The summed E-state index contributed by atoms with van der Waals surface area (Å²) < 4.78 is 52.5. The van der Waals surface area contributed by atoms with E-state index in [0.717, 1.165) is 11.0 Å². The number of hydrogen-bond acceptors (Lipinski definition) is 5. The van der Waals surface area contributed by atoms with Crippen LogP contribution in [0.25, 0.3) is 6.08 Å². The summed E-state index contributed by atoms with van der Waals surface area (Å²) in [7, 11) is -5.76. The van der Waals surface area contributed by atoms with Gasteiger partial charge in [-0.2, -0.15) is 4.31 Å². The molecule has 0 spiro atoms. The lowest BCUT2D eigenvalue weighted by molar-refractivity contribution is -0.116. The minimum absolute atomic E-state index is 0.0705. The Hall–Kier alpha value is -2.53. The smallest absolute Gasteiger partial charge is 0.243 e. The summed E-state index contributed by atoms with van der Waals surface area (Å²) >= 11 is 0. The van der Waals surface area contributed by atoms with Gasteiger partial charge in [0, 0.05) is 37.2 Å². The molecule has 0 aliphatic carbocycles. The van der Waals surface area contributed by atoms with Crippen LogP contribution in [-0.2, 0) is 24.8 Å². The molecule has 0 saturated carbocycles. The zero-order chi connectivity index (χ0) is 23.1. The van der Waals surface area contributed by atoms with Gasteiger partial charge in [-0.15, -0.1) is 0 Å². The molecule has 0 unspecified atom stereocenters. The molecule has 0 bridgehead atoms. The molecule has 2 rings (SSSR count). The number of carbonyl (C=O) groups is 1. The quantitative estimate of drug-likeness (QED) is 0.560. The normalized spacial score (nSPS) is 12.5. The lowest BCUT2D eigenvalue weighted by atomic mass is 10.2. The van der Waals surface area contributed by atoms with Gasteiger partial charge in [-0.25, -0.2) is 21.6 Å². The van der Waals surface area contributed by atoms with Crippen molar-refractivity contribution >= 4 is 37.7 Å². The zero-order valence-electron chi connectivity index (χ0n) is 17.6. The van der Waals surface area contributed by atoms with Crippen molar-refractivity contribution in [1.29, 1.82) is 0 Å². The number of carbonyl (C=O) groups excluding carboxylic acids is 1. The number of rotatable bonds is 10. The van der Waals surface area contributed by atoms with Gasteiger partial charge in [-0.3, -0.25) is 4.79 Å². The largest absolute Gasteiger partial charge is 0.326 e. The zero-order valence-corrected chi connectivity index (χ0v) is 19.3. The molecular weight excluding hydrogens is 438 g/mol. The van der Waals surface area contributed by atoms with Crippen LogP contribution < -0.4 is 10.0 Å². The monoisotopic (exact) mass is 465 g/mol. The summed E-state index contributed by atoms with van der Waals surface area (Å²) in [6, 6.07) is 14.6. The first-order chi connectivity index (χ1) is 14.5. The fourth-order valence-corrected chi connectivity index (χ4v) is 4.65. The maximum Gasteiger partial charge on any atom is 0.243 e. The Balaban J connectivity index is 1.87. The first-order valence-electron chi connectivity index (χ1n) is 9.62. The highest BCUT2D eigenvalue weighted by molar-refractivity contribution is 7.92. The van der Waals surface area contributed by atoms with Gasteiger partial charge in [-0.1, -0.05) is 30.3 Å². The average molecular weight is 466 g/mol. The van der Waals surface area contributed by atoms with Gasteiger partial charge in [0.1, 0.15) is 0 Å². The third-order valence-corrected chi connectivity index (χ3v) is 7.59. The average Bonchev–Trinajstić information content (AvgIpc) is 2.72. The molecular formula is C21H27N3O5S2. The van der Waals surface area contributed by atoms with Crippen molar-refractivity contribution in [2.75, 3.05) is 18.9 Å². The molecule has 0 saturated heterocycles. The topological polar surface area (TPSA) is 113 Å². The Morgan fingerprint density at radius 3 is 2.19 bits per heavy atom. The SMILES string of the molecule is CC(C)N(C)S(=O)(=O)c1ccc(NC(=O)CCNS(=O)(=O)/C=C/c2ccccc2)cc1. The molecule has 0 atom stereocenters. The molecule has 8 nitrogen and oxygen atoms in total. The Morgan fingerprint density at radius 2 is 1.61 bits per heavy atom. The highest BCUT2D eigenvalue weighted by Gasteiger charge is 2.22. The van der Waals surface area contributed by atoms with Crippen LogP contribution in [0.3, 0.4) is 0 Å². The van der Waals surface area contributed by atoms with Gasteiger partial charge < -0.3 is 5.32 Å². The Bertz CT molecular complexity index is 1110. The van der Waals surface area contributed by atoms with Gasteiger partial charge in [0.2, 0.25) is 26.0 Å². The summed E-state index contributed by atoms with van der Waals surface area (Å²) in [6.07, 6.45) is 1.39. The second-order valence-corrected chi connectivity index (χ2v) is 10.7. The Morgan fingerprint density at radius 1 is 1.00 bits per heavy atom. The Labute approximate surface area is 184 Å². The second-order valence-electron chi connectivity index (χ2n) is 7.09. The molecule has 10 heteroatoms. The maximum absolute atomic E-state index is 12.5. The van der Waals surface area contributed by atoms with Crippen LogP contribution in [0.15, 0.2) is 64.9 Å². The molecule has 0 aliphatic rings. The van der Waals surface area contributed by atoms with E-state index in [4.69, 9.17) is 0 Å². The molecule has 31 heavy (non-hydrogen) atoms. The molecule has 168 valence electrons. The number of anilines is 1. The van der Waals surface area contributed by atoms with Crippen LogP contribution in [0.4, 0.5) is 5.69 Å². The van der Waals surface area contributed by atoms with E-state index in [1.54, 1.807) is 38.1 Å². The lowest BCUT2D eigenvalue weighted by Gasteiger charge is -2.21. The van der Waals surface area contributed by atoms with Crippen LogP contribution >= 0.6 is 0 Å². The number of amides is 1. The van der Waals surface area contributed by atoms with E-state index in [1.165, 1.54) is 41.7 Å². The fourth-order valence-electron chi connectivity index (χ4n) is 2.46. The summed E-state index contributed by atoms with van der Waals surface area (Å²) in [6.45, 7) is 3.48. The van der Waals surface area contributed by atoms with Gasteiger partial charge in [-0.05, 0) is 49.8 Å². The highest BCUT2D eigenvalue weighted by atomic mass is 32.2. The van der Waals surface area contributed by atoms with E-state index in [1.807, 2.05) is 6.07 Å². The summed E-state index contributed by atoms with van der Waals surface area (Å²) in [5.74, 6) is -0.398. The summed E-state index contributed by atoms with van der Waals surface area (Å²) in [4.78, 5) is 12.2. The summed E-state index contributed by atoms with van der Waals surface area (Å²) in [5.41, 5.74) is 1.17. The van der Waals surface area contributed by atoms with Crippen molar-refractivity contribution in [3.63, 3.8) is 0 Å². The molecule has 0 aromatic heterocycles. The molecule has 1 amide bonds. The number of nitrogens with one attached hydrogen (secondary N) is 2. The predicted molar refractivity (Wildman–Crippen MR) is 122 cm³/mol. The number of benzene rings is 2. The second kappa shape index (κ2) is 10.7. The molecule has 0 fully saturated rings. The predicted octanol–water partition coefficient (Wildman–Crippen LogP) is 2.63. The van der Waals surface area contributed by atoms with Crippen LogP contribution in [0, 0.1) is 0 Å². The van der Waals surface area contributed by atoms with E-state index in [9.17, 15) is 21.6 Å². The van der Waals surface area contributed by atoms with Crippen molar-refractivity contribution in [2.45, 2.75) is 31.2 Å². The van der Waals surface area contributed by atoms with Crippen LogP contribution in [-0.4, -0.2) is 46.7 Å². The molecule has 0 heterocycles. The van der Waals surface area contributed by atoms with Crippen molar-refractivity contribution in [2.24, 2.45) is 0 Å². The van der Waals surface area contributed by atoms with E-state index in [-0.39, 0.29) is 23.9 Å². The lowest BCUT2D eigenvalue weighted by Crippen LogP contribution is -2.33. The van der Waals surface area contributed by atoms with Gasteiger partial charge in [0.05, 0.1) is 4.90 Å². The van der Waals surface area contributed by atoms with Crippen molar-refractivity contribution in [3.05, 3.63) is 65.6 Å². The van der Waals surface area contributed by atoms with Crippen LogP contribution in [0.2, 0.25) is 0 Å². The van der Waals surface area contributed by atoms with E-state index in [0.29, 0.717) is 5.69 Å². The fraction of sp³-hybridized carbons (Fsp3) is 0.286. The number of sulfonamides is 2. The first kappa shape index (κ1) is 24.7. The molecule has 2 aromatic carbocycles. The molecule has 0 aliphatic heterocycles. The number of nitrogens with zero attached hydrogens (tertiary/aromatic N) is 1. The minimum Gasteiger partial charge on any atom is -0.326 e. The van der Waals surface area contributed by atoms with Crippen LogP contribution in [0.1, 0.15) is 25.8 Å². The van der Waals surface area contributed by atoms with E-state index < -0.39 is 26.0 Å². The van der Waals surface area contributed by atoms with E-state index in [2.05, 4.69) is 10.0 Å². The molecule has 2 aromatic rings. The van der Waals surface area contributed by atoms with Crippen LogP contribution in [0.5, 0.6) is 0 Å². The third-order valence-electron chi connectivity index (χ3n) is 4.44. The van der Waals surface area contributed by atoms with Crippen molar-refractivity contribution < 1.29 is 21.6 Å². The standard InChI is InChI=1S/C21H27N3O5S2/c1-17(2)24(3)31(28,29)20-11-9-19(10-12-20)23-21(25)13-15-22-30(26,27)16-14-18-7-5-4-6-8-18/h4-12,14,16-17,22H,13,15H2,1-3H3,(H,23,25)/b16-14+. The Kier molecular flexibility index (Phi) is 8.52. The van der Waals surface area contributed by atoms with E-state index >= 15 is 0 Å². The number of hydrogen-bond donors (Lipinski definition) is 2. The highest BCUT2D eigenvalue weighted by Crippen LogP contribution is 2.19. The van der Waals surface area contributed by atoms with Crippen molar-refractivity contribution in [1.82, 2.24) is 9.03 Å². The minimum atomic E-state index is -3.67. The molecule has 2 N–H and O–H groups in total. The van der Waals surface area contributed by atoms with Gasteiger partial charge in [0.25, 0.3) is 0 Å². The first-order valence-corrected chi connectivity index (χ1v) is 12.6. The van der Waals surface area contributed by atoms with Gasteiger partial charge in [0.15, 0.2) is 0 Å².